The molecule has 1 aromatic carbocycles. The van der Waals surface area contributed by atoms with Crippen LogP contribution in [0.25, 0.3) is 11.2 Å². The summed E-state index contributed by atoms with van der Waals surface area (Å²) in [6, 6.07) is 12.9. The lowest BCUT2D eigenvalue weighted by Gasteiger charge is -2.16. The third kappa shape index (κ3) is 5.18. The third-order valence-electron chi connectivity index (χ3n) is 6.47. The van der Waals surface area contributed by atoms with Gasteiger partial charge in [0.25, 0.3) is 0 Å². The highest BCUT2D eigenvalue weighted by molar-refractivity contribution is 7.90. The standard InChI is InChI=1S/C27H29N7O3S/c1-15(2)18-8-10-24(32-21(18)14-28)33-25-13-20(26-27(34-25)30-16(3)29-26)31-19-9-7-17(22-6-5-11-37-22)12-23(19)38(4,35)36/h7-10,12-13,15,22H,5-6,11H2,1-4H3,(H3,29,30,31,32,33,34)/t22-/m1/s1. The van der Waals surface area contributed by atoms with Gasteiger partial charge in [0.05, 0.1) is 22.4 Å². The van der Waals surface area contributed by atoms with Gasteiger partial charge in [0, 0.05) is 18.9 Å². The highest BCUT2D eigenvalue weighted by Gasteiger charge is 2.22. The number of fused-ring (bicyclic) bond motifs is 1. The fourth-order valence-corrected chi connectivity index (χ4v) is 5.50. The molecule has 0 saturated carbocycles. The Morgan fingerprint density at radius 1 is 1.08 bits per heavy atom. The lowest BCUT2D eigenvalue weighted by Crippen LogP contribution is -2.07. The second-order valence-electron chi connectivity index (χ2n) is 9.76. The molecule has 0 amide bonds. The lowest BCUT2D eigenvalue weighted by atomic mass is 10.0. The van der Waals surface area contributed by atoms with Gasteiger partial charge in [0.15, 0.2) is 15.5 Å². The molecule has 1 atom stereocenters. The summed E-state index contributed by atoms with van der Waals surface area (Å²) in [4.78, 5) is 16.9. The van der Waals surface area contributed by atoms with E-state index >= 15 is 0 Å². The molecule has 4 heterocycles. The number of nitriles is 1. The highest BCUT2D eigenvalue weighted by Crippen LogP contribution is 2.35. The maximum absolute atomic E-state index is 12.8. The summed E-state index contributed by atoms with van der Waals surface area (Å²) in [5.74, 6) is 1.74. The number of imidazole rings is 1. The summed E-state index contributed by atoms with van der Waals surface area (Å²) >= 11 is 0. The fourth-order valence-electron chi connectivity index (χ4n) is 4.63. The molecule has 1 aliphatic rings. The molecule has 10 nitrogen and oxygen atoms in total. The summed E-state index contributed by atoms with van der Waals surface area (Å²) in [5, 5.41) is 16.0. The van der Waals surface area contributed by atoms with Gasteiger partial charge in [-0.25, -0.2) is 23.4 Å². The topological polar surface area (TPSA) is 146 Å². The number of H-pyrrole nitrogens is 1. The number of ether oxygens (including phenoxy) is 1. The largest absolute Gasteiger partial charge is 0.374 e. The second-order valence-corrected chi connectivity index (χ2v) is 11.7. The van der Waals surface area contributed by atoms with E-state index in [1.165, 1.54) is 6.26 Å². The Morgan fingerprint density at radius 2 is 1.89 bits per heavy atom. The SMILES string of the molecule is Cc1nc2nc(Nc3ccc(C(C)C)c(C#N)n3)cc(Nc3ccc([C@H]4CCCO4)cc3S(C)(=O)=O)c2[nH]1. The molecule has 1 aliphatic heterocycles. The van der Waals surface area contributed by atoms with Gasteiger partial charge in [0.1, 0.15) is 34.7 Å². The molecule has 38 heavy (non-hydrogen) atoms. The van der Waals surface area contributed by atoms with Crippen LogP contribution in [0.2, 0.25) is 0 Å². The number of hydrogen-bond donors (Lipinski definition) is 3. The van der Waals surface area contributed by atoms with Crippen molar-refractivity contribution in [3.05, 3.63) is 59.0 Å². The Labute approximate surface area is 221 Å². The van der Waals surface area contributed by atoms with Crippen LogP contribution in [-0.2, 0) is 14.6 Å². The minimum Gasteiger partial charge on any atom is -0.374 e. The summed E-state index contributed by atoms with van der Waals surface area (Å²) in [7, 11) is -3.55. The van der Waals surface area contributed by atoms with E-state index in [1.54, 1.807) is 24.3 Å². The predicted octanol–water partition coefficient (Wildman–Crippen LogP) is 5.40. The number of nitrogens with zero attached hydrogens (tertiary/aromatic N) is 4. The van der Waals surface area contributed by atoms with E-state index in [0.717, 1.165) is 24.0 Å². The molecule has 0 aliphatic carbocycles. The molecular weight excluding hydrogens is 502 g/mol. The molecule has 11 heteroatoms. The van der Waals surface area contributed by atoms with Gasteiger partial charge in [-0.2, -0.15) is 5.26 Å². The number of pyridine rings is 2. The first kappa shape index (κ1) is 25.6. The summed E-state index contributed by atoms with van der Waals surface area (Å²) in [6.45, 7) is 6.52. The van der Waals surface area contributed by atoms with E-state index in [1.807, 2.05) is 32.9 Å². The molecule has 1 fully saturated rings. The van der Waals surface area contributed by atoms with Crippen molar-refractivity contribution in [1.82, 2.24) is 19.9 Å². The molecule has 0 bridgehead atoms. The van der Waals surface area contributed by atoms with Crippen LogP contribution in [0.5, 0.6) is 0 Å². The number of sulfone groups is 1. The van der Waals surface area contributed by atoms with Crippen LogP contribution in [0, 0.1) is 18.3 Å². The van der Waals surface area contributed by atoms with Crippen LogP contribution < -0.4 is 10.6 Å². The smallest absolute Gasteiger partial charge is 0.181 e. The highest BCUT2D eigenvalue weighted by atomic mass is 32.2. The van der Waals surface area contributed by atoms with Gasteiger partial charge >= 0.3 is 0 Å². The first-order valence-electron chi connectivity index (χ1n) is 12.4. The molecule has 5 rings (SSSR count). The molecule has 3 aromatic heterocycles. The van der Waals surface area contributed by atoms with Crippen molar-refractivity contribution in [3.8, 4) is 6.07 Å². The van der Waals surface area contributed by atoms with Crippen LogP contribution >= 0.6 is 0 Å². The zero-order valence-corrected chi connectivity index (χ0v) is 22.5. The first-order valence-corrected chi connectivity index (χ1v) is 14.3. The molecule has 196 valence electrons. The van der Waals surface area contributed by atoms with Crippen LogP contribution in [0.4, 0.5) is 23.0 Å². The van der Waals surface area contributed by atoms with E-state index in [9.17, 15) is 13.7 Å². The molecule has 4 aromatic rings. The van der Waals surface area contributed by atoms with E-state index in [-0.39, 0.29) is 16.9 Å². The van der Waals surface area contributed by atoms with Crippen LogP contribution in [-0.4, -0.2) is 41.2 Å². The average molecular weight is 532 g/mol. The molecule has 0 unspecified atom stereocenters. The van der Waals surface area contributed by atoms with Crippen LogP contribution in [0.1, 0.15) is 61.4 Å². The molecule has 1 saturated heterocycles. The van der Waals surface area contributed by atoms with Crippen molar-refractivity contribution < 1.29 is 13.2 Å². The van der Waals surface area contributed by atoms with Gasteiger partial charge in [-0.05, 0) is 55.0 Å². The van der Waals surface area contributed by atoms with Crippen LogP contribution in [0.3, 0.4) is 0 Å². The quantitative estimate of drug-likeness (QED) is 0.285. The van der Waals surface area contributed by atoms with E-state index in [2.05, 4.69) is 36.6 Å². The minimum absolute atomic E-state index is 0.101. The Morgan fingerprint density at radius 3 is 2.58 bits per heavy atom. The Balaban J connectivity index is 1.54. The normalized spacial score (nSPS) is 15.6. The predicted molar refractivity (Wildman–Crippen MR) is 146 cm³/mol. The molecule has 0 radical (unpaired) electrons. The summed E-state index contributed by atoms with van der Waals surface area (Å²) in [6.07, 6.45) is 2.91. The summed E-state index contributed by atoms with van der Waals surface area (Å²) in [5.41, 5.74) is 4.17. The van der Waals surface area contributed by atoms with Gasteiger partial charge in [0.2, 0.25) is 0 Å². The number of nitrogens with one attached hydrogen (secondary N) is 3. The average Bonchev–Trinajstić information content (AvgIpc) is 3.53. The number of aromatic nitrogens is 4. The summed E-state index contributed by atoms with van der Waals surface area (Å²) < 4.78 is 31.3. The fraction of sp³-hybridized carbons (Fsp3) is 0.333. The molecule has 3 N–H and O–H groups in total. The Bertz CT molecular complexity index is 1670. The van der Waals surface area contributed by atoms with E-state index in [0.29, 0.717) is 52.3 Å². The second kappa shape index (κ2) is 10.0. The maximum atomic E-state index is 12.8. The number of aromatic amines is 1. The third-order valence-corrected chi connectivity index (χ3v) is 7.60. The van der Waals surface area contributed by atoms with E-state index in [4.69, 9.17) is 4.74 Å². The van der Waals surface area contributed by atoms with Crippen molar-refractivity contribution >= 4 is 44.0 Å². The van der Waals surface area contributed by atoms with Gasteiger partial charge in [-0.1, -0.05) is 26.0 Å². The Hall–Kier alpha value is -4.01. The van der Waals surface area contributed by atoms with E-state index < -0.39 is 9.84 Å². The zero-order valence-electron chi connectivity index (χ0n) is 21.7. The zero-order chi connectivity index (χ0) is 27.0. The lowest BCUT2D eigenvalue weighted by molar-refractivity contribution is 0.112. The van der Waals surface area contributed by atoms with Crippen molar-refractivity contribution in [2.75, 3.05) is 23.5 Å². The molecular formula is C27H29N7O3S. The number of rotatable bonds is 7. The molecule has 0 spiro atoms. The van der Waals surface area contributed by atoms with Crippen LogP contribution in [0.15, 0.2) is 41.3 Å². The van der Waals surface area contributed by atoms with Gasteiger partial charge < -0.3 is 20.4 Å². The van der Waals surface area contributed by atoms with Crippen molar-refractivity contribution in [2.45, 2.75) is 50.5 Å². The Kier molecular flexibility index (Phi) is 6.77. The monoisotopic (exact) mass is 531 g/mol. The van der Waals surface area contributed by atoms with Crippen molar-refractivity contribution in [2.24, 2.45) is 0 Å². The van der Waals surface area contributed by atoms with Crippen molar-refractivity contribution in [1.29, 1.82) is 5.26 Å². The van der Waals surface area contributed by atoms with Crippen molar-refractivity contribution in [3.63, 3.8) is 0 Å². The minimum atomic E-state index is -3.55. The number of benzene rings is 1. The van der Waals surface area contributed by atoms with Gasteiger partial charge in [-0.15, -0.1) is 0 Å². The number of aryl methyl sites for hydroxylation is 1. The van der Waals surface area contributed by atoms with Gasteiger partial charge in [-0.3, -0.25) is 0 Å². The number of hydrogen-bond acceptors (Lipinski definition) is 9. The number of anilines is 4. The first-order chi connectivity index (χ1) is 18.1. The maximum Gasteiger partial charge on any atom is 0.181 e.